The van der Waals surface area contributed by atoms with Gasteiger partial charge in [0.25, 0.3) is 0 Å². The molecule has 4 heteroatoms. The maximum atomic E-state index is 11.4. The average molecular weight is 557 g/mol. The van der Waals surface area contributed by atoms with E-state index in [1.165, 1.54) is 57.4 Å². The number of hydrogen-bond acceptors (Lipinski definition) is 3. The number of cyclic esters (lactones) is 1. The molecule has 0 radical (unpaired) electrons. The summed E-state index contributed by atoms with van der Waals surface area (Å²) in [6.45, 7) is 7.64. The number of benzene rings is 2. The molecule has 1 aliphatic rings. The number of ether oxygens (including phenoxy) is 2. The molecule has 0 aliphatic carbocycles. The van der Waals surface area contributed by atoms with Crippen LogP contribution < -0.4 is 8.32 Å². The van der Waals surface area contributed by atoms with Gasteiger partial charge in [0.15, 0.2) is 0 Å². The van der Waals surface area contributed by atoms with Gasteiger partial charge in [-0.1, -0.05) is 0 Å². The van der Waals surface area contributed by atoms with Crippen LogP contribution in [0.3, 0.4) is 0 Å². The van der Waals surface area contributed by atoms with E-state index in [1.807, 2.05) is 24.3 Å². The van der Waals surface area contributed by atoms with E-state index < -0.39 is 18.4 Å². The second kappa shape index (κ2) is 13.4. The Bertz CT molecular complexity index is 840. The third-order valence-electron chi connectivity index (χ3n) is 7.15. The van der Waals surface area contributed by atoms with Crippen LogP contribution in [0.4, 0.5) is 0 Å². The summed E-state index contributed by atoms with van der Waals surface area (Å²) in [5.74, 6) is 0.787. The van der Waals surface area contributed by atoms with Gasteiger partial charge in [0.1, 0.15) is 0 Å². The quantitative estimate of drug-likeness (QED) is 0.177. The molecule has 1 saturated heterocycles. The molecule has 1 aliphatic heterocycles. The first-order valence-corrected chi connectivity index (χ1v) is 20.6. The van der Waals surface area contributed by atoms with Crippen LogP contribution in [0.15, 0.2) is 48.5 Å². The van der Waals surface area contributed by atoms with Gasteiger partial charge in [-0.2, -0.15) is 0 Å². The molecule has 0 aromatic heterocycles. The van der Waals surface area contributed by atoms with Gasteiger partial charge in [0, 0.05) is 0 Å². The van der Waals surface area contributed by atoms with Gasteiger partial charge in [0.05, 0.1) is 0 Å². The minimum atomic E-state index is -2.51. The van der Waals surface area contributed by atoms with Crippen molar-refractivity contribution in [2.75, 3.05) is 0 Å². The first-order valence-electron chi connectivity index (χ1n) is 13.1. The molecule has 1 atom stereocenters. The first kappa shape index (κ1) is 26.1. The third-order valence-corrected chi connectivity index (χ3v) is 23.0. The molecule has 1 unspecified atom stereocenters. The fourth-order valence-corrected chi connectivity index (χ4v) is 22.1. The topological polar surface area (TPSA) is 35.5 Å². The Labute approximate surface area is 205 Å². The van der Waals surface area contributed by atoms with E-state index in [1.54, 1.807) is 3.58 Å². The second-order valence-electron chi connectivity index (χ2n) is 9.62. The summed E-state index contributed by atoms with van der Waals surface area (Å²) < 4.78 is 17.8. The van der Waals surface area contributed by atoms with Gasteiger partial charge < -0.3 is 0 Å². The van der Waals surface area contributed by atoms with Crippen molar-refractivity contribution >= 4 is 27.9 Å². The Morgan fingerprint density at radius 3 is 2.03 bits per heavy atom. The Hall–Kier alpha value is -1.49. The summed E-state index contributed by atoms with van der Waals surface area (Å²) in [7, 11) is 0. The van der Waals surface area contributed by atoms with Crippen molar-refractivity contribution < 1.29 is 14.3 Å². The zero-order chi connectivity index (χ0) is 23.5. The van der Waals surface area contributed by atoms with E-state index in [4.69, 9.17) is 9.47 Å². The Kier molecular flexibility index (Phi) is 10.6. The summed E-state index contributed by atoms with van der Waals surface area (Å²) in [6.07, 6.45) is 9.16. The van der Waals surface area contributed by atoms with Gasteiger partial charge >= 0.3 is 206 Å². The van der Waals surface area contributed by atoms with Crippen LogP contribution in [-0.4, -0.2) is 24.3 Å². The summed E-state index contributed by atoms with van der Waals surface area (Å²) >= 11 is -2.51. The summed E-state index contributed by atoms with van der Waals surface area (Å²) in [5.41, 5.74) is 2.47. The van der Waals surface area contributed by atoms with E-state index in [2.05, 4.69) is 45.0 Å². The van der Waals surface area contributed by atoms with Gasteiger partial charge in [0.2, 0.25) is 0 Å². The zero-order valence-electron chi connectivity index (χ0n) is 20.9. The van der Waals surface area contributed by atoms with E-state index in [0.717, 1.165) is 17.7 Å². The monoisotopic (exact) mass is 558 g/mol. The molecule has 0 N–H and O–H groups in total. The van der Waals surface area contributed by atoms with Crippen molar-refractivity contribution in [3.05, 3.63) is 59.7 Å². The van der Waals surface area contributed by atoms with E-state index in [0.29, 0.717) is 13.0 Å². The molecule has 0 amide bonds. The van der Waals surface area contributed by atoms with Gasteiger partial charge in [-0.25, -0.2) is 0 Å². The Balaban J connectivity index is 1.77. The fourth-order valence-electron chi connectivity index (χ4n) is 5.19. The van der Waals surface area contributed by atoms with Gasteiger partial charge in [-0.15, -0.1) is 0 Å². The second-order valence-corrected chi connectivity index (χ2v) is 22.7. The van der Waals surface area contributed by atoms with E-state index in [9.17, 15) is 4.79 Å². The molecule has 0 bridgehead atoms. The number of carbonyl (C=O) groups excluding carboxylic acids is 1. The van der Waals surface area contributed by atoms with E-state index in [-0.39, 0.29) is 12.1 Å². The normalized spacial score (nSPS) is 16.1. The number of unbranched alkanes of at least 4 members (excludes halogenated alkanes) is 3. The van der Waals surface area contributed by atoms with Crippen molar-refractivity contribution in [1.82, 2.24) is 0 Å². The van der Waals surface area contributed by atoms with Crippen molar-refractivity contribution in [2.24, 2.45) is 0 Å². The molecule has 1 heterocycles. The molecule has 180 valence electrons. The van der Waals surface area contributed by atoms with Crippen LogP contribution in [0.25, 0.3) is 0 Å². The maximum absolute atomic E-state index is 11.4. The summed E-state index contributed by atoms with van der Waals surface area (Å²) in [6, 6.07) is 17.3. The number of carbonyl (C=O) groups is 1. The Morgan fingerprint density at radius 2 is 1.48 bits per heavy atom. The number of hydrogen-bond donors (Lipinski definition) is 0. The summed E-state index contributed by atoms with van der Waals surface area (Å²) in [4.78, 5) is 11.4. The van der Waals surface area contributed by atoms with Crippen LogP contribution >= 0.6 is 0 Å². The summed E-state index contributed by atoms with van der Waals surface area (Å²) in [5, 5.41) is 0. The molecule has 3 nitrogen and oxygen atoms in total. The van der Waals surface area contributed by atoms with Crippen LogP contribution in [0.2, 0.25) is 13.3 Å². The van der Waals surface area contributed by atoms with Crippen LogP contribution in [-0.2, 0) is 16.1 Å². The minimum absolute atomic E-state index is 0.0964. The molecule has 2 aromatic rings. The molecule has 3 rings (SSSR count). The molecule has 0 spiro atoms. The van der Waals surface area contributed by atoms with Crippen LogP contribution in [0.1, 0.15) is 89.4 Å². The van der Waals surface area contributed by atoms with Crippen molar-refractivity contribution in [2.45, 2.75) is 98.2 Å². The molecular weight excluding hydrogens is 515 g/mol. The predicted molar refractivity (Wildman–Crippen MR) is 140 cm³/mol. The van der Waals surface area contributed by atoms with E-state index >= 15 is 0 Å². The van der Waals surface area contributed by atoms with Crippen LogP contribution in [0, 0.1) is 0 Å². The SMILES string of the molecule is CCC[CH2][Sn]([CH2]CCC)([CH2]CCC)[c]1ccccc1COc1ccc(C2CCC(=O)O2)cc1. The van der Waals surface area contributed by atoms with Crippen molar-refractivity contribution in [1.29, 1.82) is 0 Å². The predicted octanol–water partition coefficient (Wildman–Crippen LogP) is 7.70. The van der Waals surface area contributed by atoms with Crippen molar-refractivity contribution in [3.8, 4) is 5.75 Å². The first-order chi connectivity index (χ1) is 16.1. The Morgan fingerprint density at radius 1 is 0.879 bits per heavy atom. The van der Waals surface area contributed by atoms with Crippen molar-refractivity contribution in [3.63, 3.8) is 0 Å². The third kappa shape index (κ3) is 7.24. The molecule has 1 fully saturated rings. The van der Waals surface area contributed by atoms with Gasteiger partial charge in [-0.05, 0) is 0 Å². The standard InChI is InChI=1S/C17H15O3.3C4H9.Sn/c18-17-11-10-16(20-17)14-6-8-15(9-7-14)19-12-13-4-2-1-3-5-13;3*1-3-4-2;/h1-4,6-9,16H,10-12H2;3*1,3-4H2,2H3;. The number of rotatable bonds is 14. The van der Waals surface area contributed by atoms with Gasteiger partial charge in [-0.3, -0.25) is 0 Å². The fraction of sp³-hybridized carbons (Fsp3) is 0.552. The number of esters is 1. The zero-order valence-corrected chi connectivity index (χ0v) is 23.8. The molecule has 0 saturated carbocycles. The van der Waals surface area contributed by atoms with Crippen LogP contribution in [0.5, 0.6) is 5.75 Å². The molecular formula is C29H42O3Sn. The molecule has 33 heavy (non-hydrogen) atoms. The molecule has 2 aromatic carbocycles. The average Bonchev–Trinajstić information content (AvgIpc) is 3.29.